The van der Waals surface area contributed by atoms with Crippen LogP contribution in [-0.4, -0.2) is 30.4 Å². The number of hydrogen-bond acceptors (Lipinski definition) is 6. The highest BCUT2D eigenvalue weighted by Crippen LogP contribution is 2.13. The molecule has 6 heteroatoms. The van der Waals surface area contributed by atoms with Gasteiger partial charge in [0.15, 0.2) is 0 Å². The molecule has 2 N–H and O–H groups in total. The summed E-state index contributed by atoms with van der Waals surface area (Å²) in [5, 5.41) is 13.9. The number of nitrogens with zero attached hydrogens (tertiary/aromatic N) is 2. The van der Waals surface area contributed by atoms with Crippen molar-refractivity contribution in [2.24, 2.45) is 0 Å². The molecule has 2 aromatic rings. The maximum Gasteiger partial charge on any atom is 0.315 e. The first-order chi connectivity index (χ1) is 9.69. The van der Waals surface area contributed by atoms with Crippen LogP contribution < -0.4 is 15.4 Å². The third-order valence-corrected chi connectivity index (χ3v) is 2.88. The summed E-state index contributed by atoms with van der Waals surface area (Å²) in [6.45, 7) is 5.12. The minimum atomic E-state index is 0.0431. The Labute approximate surface area is 118 Å². The summed E-state index contributed by atoms with van der Waals surface area (Å²) >= 11 is 0. The van der Waals surface area contributed by atoms with Crippen molar-refractivity contribution >= 4 is 6.01 Å². The maximum absolute atomic E-state index is 5.62. The van der Waals surface area contributed by atoms with Gasteiger partial charge < -0.3 is 19.8 Å². The number of hydrogen-bond donors (Lipinski definition) is 2. The van der Waals surface area contributed by atoms with Gasteiger partial charge in [-0.2, -0.15) is 0 Å². The maximum atomic E-state index is 5.62. The van der Waals surface area contributed by atoms with Crippen molar-refractivity contribution in [1.82, 2.24) is 15.5 Å². The van der Waals surface area contributed by atoms with E-state index in [1.807, 2.05) is 45.2 Å². The van der Waals surface area contributed by atoms with E-state index in [1.54, 1.807) is 0 Å². The highest BCUT2D eigenvalue weighted by molar-refractivity contribution is 5.27. The zero-order valence-electron chi connectivity index (χ0n) is 12.0. The van der Waals surface area contributed by atoms with Gasteiger partial charge in [-0.25, -0.2) is 0 Å². The number of rotatable bonds is 7. The normalized spacial score (nSPS) is 12.2. The van der Waals surface area contributed by atoms with E-state index in [-0.39, 0.29) is 6.04 Å². The van der Waals surface area contributed by atoms with Crippen LogP contribution >= 0.6 is 0 Å². The minimum Gasteiger partial charge on any atom is -0.492 e. The lowest BCUT2D eigenvalue weighted by atomic mass is 10.2. The third-order valence-electron chi connectivity index (χ3n) is 2.88. The molecule has 0 bridgehead atoms. The van der Waals surface area contributed by atoms with Crippen LogP contribution in [0.5, 0.6) is 5.75 Å². The van der Waals surface area contributed by atoms with Crippen molar-refractivity contribution in [2.75, 3.05) is 25.5 Å². The van der Waals surface area contributed by atoms with E-state index in [4.69, 9.17) is 9.15 Å². The Hall–Kier alpha value is -2.08. The zero-order chi connectivity index (χ0) is 14.4. The van der Waals surface area contributed by atoms with Crippen LogP contribution in [0.15, 0.2) is 28.7 Å². The van der Waals surface area contributed by atoms with Gasteiger partial charge in [-0.1, -0.05) is 17.2 Å². The van der Waals surface area contributed by atoms with Crippen molar-refractivity contribution in [3.8, 4) is 5.75 Å². The van der Waals surface area contributed by atoms with E-state index in [0.29, 0.717) is 25.1 Å². The number of anilines is 1. The lowest BCUT2D eigenvalue weighted by Crippen LogP contribution is -2.12. The first-order valence-electron chi connectivity index (χ1n) is 6.63. The highest BCUT2D eigenvalue weighted by Gasteiger charge is 2.11. The molecule has 0 radical (unpaired) electrons. The number of ether oxygens (including phenoxy) is 1. The van der Waals surface area contributed by atoms with Crippen LogP contribution in [0.1, 0.15) is 24.4 Å². The van der Waals surface area contributed by atoms with E-state index in [0.717, 1.165) is 5.75 Å². The average molecular weight is 276 g/mol. The number of benzene rings is 1. The van der Waals surface area contributed by atoms with Crippen LogP contribution in [0.3, 0.4) is 0 Å². The molecule has 1 heterocycles. The van der Waals surface area contributed by atoms with E-state index in [2.05, 4.69) is 20.8 Å². The molecule has 0 amide bonds. The van der Waals surface area contributed by atoms with Crippen molar-refractivity contribution in [3.05, 3.63) is 35.7 Å². The van der Waals surface area contributed by atoms with Crippen molar-refractivity contribution in [2.45, 2.75) is 19.9 Å². The van der Waals surface area contributed by atoms with E-state index in [9.17, 15) is 0 Å². The van der Waals surface area contributed by atoms with Crippen LogP contribution in [0, 0.1) is 6.92 Å². The number of nitrogens with one attached hydrogen (secondary N) is 2. The fourth-order valence-electron chi connectivity index (χ4n) is 1.64. The van der Waals surface area contributed by atoms with E-state index in [1.165, 1.54) is 5.56 Å². The molecule has 1 unspecified atom stereocenters. The van der Waals surface area contributed by atoms with Gasteiger partial charge in [0.1, 0.15) is 12.4 Å². The lowest BCUT2D eigenvalue weighted by Gasteiger charge is -2.06. The average Bonchev–Trinajstić information content (AvgIpc) is 2.92. The predicted octanol–water partition coefficient (Wildman–Crippen LogP) is 2.15. The molecule has 20 heavy (non-hydrogen) atoms. The van der Waals surface area contributed by atoms with Gasteiger partial charge in [-0.3, -0.25) is 0 Å². The fourth-order valence-corrected chi connectivity index (χ4v) is 1.64. The van der Waals surface area contributed by atoms with Gasteiger partial charge in [0, 0.05) is 0 Å². The molecular formula is C14H20N4O2. The number of aryl methyl sites for hydroxylation is 1. The molecule has 0 aliphatic heterocycles. The summed E-state index contributed by atoms with van der Waals surface area (Å²) in [6.07, 6.45) is 0. The van der Waals surface area contributed by atoms with Gasteiger partial charge in [0.05, 0.1) is 12.6 Å². The molecule has 0 fully saturated rings. The minimum absolute atomic E-state index is 0.0431. The third kappa shape index (κ3) is 3.96. The van der Waals surface area contributed by atoms with Crippen LogP contribution in [0.2, 0.25) is 0 Å². The second-order valence-electron chi connectivity index (χ2n) is 4.55. The molecule has 0 saturated heterocycles. The predicted molar refractivity (Wildman–Crippen MR) is 76.9 cm³/mol. The van der Waals surface area contributed by atoms with Gasteiger partial charge in [0.25, 0.3) is 0 Å². The Bertz CT molecular complexity index is 541. The zero-order valence-corrected chi connectivity index (χ0v) is 12.0. The first-order valence-corrected chi connectivity index (χ1v) is 6.63. The smallest absolute Gasteiger partial charge is 0.315 e. The van der Waals surface area contributed by atoms with Crippen LogP contribution in [0.4, 0.5) is 6.01 Å². The SMILES string of the molecule is CNC(C)c1nnc(NCCOc2cccc(C)c2)o1. The summed E-state index contributed by atoms with van der Waals surface area (Å²) in [4.78, 5) is 0. The molecule has 1 aromatic carbocycles. The summed E-state index contributed by atoms with van der Waals surface area (Å²) in [5.41, 5.74) is 1.18. The quantitative estimate of drug-likeness (QED) is 0.755. The Balaban J connectivity index is 1.74. The van der Waals surface area contributed by atoms with Gasteiger partial charge in [-0.05, 0) is 38.6 Å². The summed E-state index contributed by atoms with van der Waals surface area (Å²) in [5.74, 6) is 1.43. The molecule has 108 valence electrons. The summed E-state index contributed by atoms with van der Waals surface area (Å²) < 4.78 is 11.1. The molecular weight excluding hydrogens is 256 g/mol. The second kappa shape index (κ2) is 6.91. The number of aromatic nitrogens is 2. The second-order valence-corrected chi connectivity index (χ2v) is 4.55. The molecule has 2 rings (SSSR count). The summed E-state index contributed by atoms with van der Waals surface area (Å²) in [7, 11) is 1.84. The lowest BCUT2D eigenvalue weighted by molar-refractivity contribution is 0.330. The Kier molecular flexibility index (Phi) is 4.95. The molecule has 0 spiro atoms. The molecule has 0 aliphatic rings. The fraction of sp³-hybridized carbons (Fsp3) is 0.429. The van der Waals surface area contributed by atoms with Crippen LogP contribution in [0.25, 0.3) is 0 Å². The standard InChI is InChI=1S/C14H20N4O2/c1-10-5-4-6-12(9-10)19-8-7-16-14-18-17-13(20-14)11(2)15-3/h4-6,9,11,15H,7-8H2,1-3H3,(H,16,18). The topological polar surface area (TPSA) is 72.2 Å². The summed E-state index contributed by atoms with van der Waals surface area (Å²) in [6, 6.07) is 8.40. The Morgan fingerprint density at radius 2 is 2.20 bits per heavy atom. The molecule has 0 saturated carbocycles. The molecule has 1 atom stereocenters. The van der Waals surface area contributed by atoms with Crippen molar-refractivity contribution in [1.29, 1.82) is 0 Å². The van der Waals surface area contributed by atoms with E-state index >= 15 is 0 Å². The van der Waals surface area contributed by atoms with Gasteiger partial charge >= 0.3 is 6.01 Å². The Morgan fingerprint density at radius 1 is 1.35 bits per heavy atom. The van der Waals surface area contributed by atoms with Crippen LogP contribution in [-0.2, 0) is 0 Å². The molecule has 0 aliphatic carbocycles. The molecule has 6 nitrogen and oxygen atoms in total. The molecule has 1 aromatic heterocycles. The van der Waals surface area contributed by atoms with Crippen molar-refractivity contribution in [3.63, 3.8) is 0 Å². The van der Waals surface area contributed by atoms with Gasteiger partial charge in [0.2, 0.25) is 5.89 Å². The first kappa shape index (κ1) is 14.3. The monoisotopic (exact) mass is 276 g/mol. The van der Waals surface area contributed by atoms with E-state index < -0.39 is 0 Å². The highest BCUT2D eigenvalue weighted by atomic mass is 16.5. The van der Waals surface area contributed by atoms with Gasteiger partial charge in [-0.15, -0.1) is 5.10 Å². The van der Waals surface area contributed by atoms with Crippen molar-refractivity contribution < 1.29 is 9.15 Å². The largest absolute Gasteiger partial charge is 0.492 e. The Morgan fingerprint density at radius 3 is 2.95 bits per heavy atom.